The summed E-state index contributed by atoms with van der Waals surface area (Å²) in [7, 11) is 0.710. The zero-order valence-electron chi connectivity index (χ0n) is 14.7. The van der Waals surface area contributed by atoms with E-state index < -0.39 is 10.0 Å². The number of carbonyl (C=O) groups excluding carboxylic acids is 1. The monoisotopic (exact) mass is 353 g/mol. The van der Waals surface area contributed by atoms with Crippen LogP contribution in [0, 0.1) is 6.92 Å². The van der Waals surface area contributed by atoms with Crippen LogP contribution in [0.4, 0.5) is 5.69 Å². The van der Waals surface area contributed by atoms with Gasteiger partial charge in [0.2, 0.25) is 10.0 Å². The van der Waals surface area contributed by atoms with Crippen LogP contribution < -0.4 is 9.62 Å². The topological polar surface area (TPSA) is 69.7 Å². The predicted octanol–water partition coefficient (Wildman–Crippen LogP) is 1.61. The highest BCUT2D eigenvalue weighted by Crippen LogP contribution is 2.27. The Labute approximate surface area is 144 Å². The van der Waals surface area contributed by atoms with Crippen LogP contribution in [0.3, 0.4) is 0 Å². The van der Waals surface area contributed by atoms with Crippen LogP contribution in [0.1, 0.15) is 35.2 Å². The normalized spacial score (nSPS) is 17.1. The Bertz CT molecular complexity index is 686. The first-order valence-electron chi connectivity index (χ1n) is 8.35. The van der Waals surface area contributed by atoms with Gasteiger partial charge in [-0.25, -0.2) is 8.42 Å². The Morgan fingerprint density at radius 3 is 2.71 bits per heavy atom. The smallest absolute Gasteiger partial charge is 0.251 e. The second kappa shape index (κ2) is 7.98. The SMILES string of the molecule is Cc1ccc(C(=O)NCCCN(C)C)cc1N1CCCCS1(=O)=O. The molecule has 6 nitrogen and oxygen atoms in total. The molecule has 1 amide bonds. The number of amides is 1. The predicted molar refractivity (Wildman–Crippen MR) is 97.1 cm³/mol. The third-order valence-corrected chi connectivity index (χ3v) is 6.01. The lowest BCUT2D eigenvalue weighted by Gasteiger charge is -2.29. The number of hydrogen-bond donors (Lipinski definition) is 1. The van der Waals surface area contributed by atoms with E-state index in [1.807, 2.05) is 27.1 Å². The van der Waals surface area contributed by atoms with Crippen molar-refractivity contribution in [3.05, 3.63) is 29.3 Å². The molecule has 0 spiro atoms. The van der Waals surface area contributed by atoms with Gasteiger partial charge in [0.1, 0.15) is 0 Å². The lowest BCUT2D eigenvalue weighted by Crippen LogP contribution is -2.38. The van der Waals surface area contributed by atoms with E-state index >= 15 is 0 Å². The molecular formula is C17H27N3O3S. The van der Waals surface area contributed by atoms with Crippen LogP contribution in [0.15, 0.2) is 18.2 Å². The number of sulfonamides is 1. The molecule has 1 fully saturated rings. The lowest BCUT2D eigenvalue weighted by molar-refractivity contribution is 0.0952. The van der Waals surface area contributed by atoms with Gasteiger partial charge in [0.15, 0.2) is 0 Å². The summed E-state index contributed by atoms with van der Waals surface area (Å²) in [6.07, 6.45) is 2.42. The Balaban J connectivity index is 2.12. The summed E-state index contributed by atoms with van der Waals surface area (Å²) < 4.78 is 26.1. The summed E-state index contributed by atoms with van der Waals surface area (Å²) >= 11 is 0. The van der Waals surface area contributed by atoms with Crippen molar-refractivity contribution in [1.29, 1.82) is 0 Å². The average Bonchev–Trinajstić information content (AvgIpc) is 2.51. The molecule has 1 saturated heterocycles. The molecule has 2 rings (SSSR count). The van der Waals surface area contributed by atoms with E-state index in [2.05, 4.69) is 10.2 Å². The molecule has 1 N–H and O–H groups in total. The highest BCUT2D eigenvalue weighted by molar-refractivity contribution is 7.92. The highest BCUT2D eigenvalue weighted by Gasteiger charge is 2.27. The van der Waals surface area contributed by atoms with Crippen LogP contribution in [0.25, 0.3) is 0 Å². The summed E-state index contributed by atoms with van der Waals surface area (Å²) in [6, 6.07) is 5.25. The van der Waals surface area contributed by atoms with Gasteiger partial charge >= 0.3 is 0 Å². The van der Waals surface area contributed by atoms with E-state index in [0.717, 1.165) is 24.9 Å². The van der Waals surface area contributed by atoms with Crippen molar-refractivity contribution in [2.24, 2.45) is 0 Å². The molecule has 1 aliphatic rings. The van der Waals surface area contributed by atoms with E-state index in [0.29, 0.717) is 30.8 Å². The third-order valence-electron chi connectivity index (χ3n) is 4.16. The number of hydrogen-bond acceptors (Lipinski definition) is 4. The fourth-order valence-electron chi connectivity index (χ4n) is 2.78. The molecule has 0 unspecified atom stereocenters. The Hall–Kier alpha value is -1.60. The molecule has 24 heavy (non-hydrogen) atoms. The number of nitrogens with one attached hydrogen (secondary N) is 1. The highest BCUT2D eigenvalue weighted by atomic mass is 32.2. The van der Waals surface area contributed by atoms with Crippen LogP contribution >= 0.6 is 0 Å². The molecule has 1 heterocycles. The third kappa shape index (κ3) is 4.70. The first-order valence-corrected chi connectivity index (χ1v) is 9.96. The van der Waals surface area contributed by atoms with Crippen molar-refractivity contribution in [3.8, 4) is 0 Å². The van der Waals surface area contributed by atoms with E-state index in [1.54, 1.807) is 12.1 Å². The van der Waals surface area contributed by atoms with Crippen molar-refractivity contribution < 1.29 is 13.2 Å². The molecule has 1 aromatic rings. The molecule has 0 saturated carbocycles. The minimum atomic E-state index is -3.28. The van der Waals surface area contributed by atoms with E-state index in [4.69, 9.17) is 0 Å². The zero-order valence-corrected chi connectivity index (χ0v) is 15.5. The number of rotatable bonds is 6. The summed E-state index contributed by atoms with van der Waals surface area (Å²) in [4.78, 5) is 14.4. The van der Waals surface area contributed by atoms with E-state index in [9.17, 15) is 13.2 Å². The molecule has 0 aromatic heterocycles. The molecule has 0 radical (unpaired) electrons. The van der Waals surface area contributed by atoms with Gasteiger partial charge in [0.05, 0.1) is 11.4 Å². The Morgan fingerprint density at radius 1 is 1.29 bits per heavy atom. The maximum Gasteiger partial charge on any atom is 0.251 e. The van der Waals surface area contributed by atoms with Gasteiger partial charge in [0, 0.05) is 18.7 Å². The molecule has 7 heteroatoms. The Kier molecular flexibility index (Phi) is 6.23. The van der Waals surface area contributed by atoms with Gasteiger partial charge in [-0.15, -0.1) is 0 Å². The first kappa shape index (κ1) is 18.7. The lowest BCUT2D eigenvalue weighted by atomic mass is 10.1. The van der Waals surface area contributed by atoms with Crippen molar-refractivity contribution in [2.75, 3.05) is 43.8 Å². The van der Waals surface area contributed by atoms with Crippen molar-refractivity contribution in [1.82, 2.24) is 10.2 Å². The van der Waals surface area contributed by atoms with Crippen LogP contribution in [-0.2, 0) is 10.0 Å². The van der Waals surface area contributed by atoms with Crippen LogP contribution in [0.5, 0.6) is 0 Å². The average molecular weight is 353 g/mol. The van der Waals surface area contributed by atoms with E-state index in [1.165, 1.54) is 4.31 Å². The molecule has 0 aliphatic carbocycles. The molecule has 0 atom stereocenters. The van der Waals surface area contributed by atoms with Gasteiger partial charge in [0.25, 0.3) is 5.91 Å². The quantitative estimate of drug-likeness (QED) is 0.789. The minimum absolute atomic E-state index is 0.163. The van der Waals surface area contributed by atoms with Crippen molar-refractivity contribution in [2.45, 2.75) is 26.2 Å². The fraction of sp³-hybridized carbons (Fsp3) is 0.588. The number of benzene rings is 1. The van der Waals surface area contributed by atoms with Crippen molar-refractivity contribution >= 4 is 21.6 Å². The van der Waals surface area contributed by atoms with Gasteiger partial charge in [-0.05, 0) is 64.5 Å². The van der Waals surface area contributed by atoms with Gasteiger partial charge in [-0.2, -0.15) is 0 Å². The minimum Gasteiger partial charge on any atom is -0.352 e. The summed E-state index contributed by atoms with van der Waals surface area (Å²) in [5.74, 6) is 0.0114. The summed E-state index contributed by atoms with van der Waals surface area (Å²) in [6.45, 7) is 3.86. The standard InChI is InChI=1S/C17H27N3O3S/c1-14-7-8-15(17(21)18-9-6-10-19(2)3)13-16(14)20-11-4-5-12-24(20,22)23/h7-8,13H,4-6,9-12H2,1-3H3,(H,18,21). The van der Waals surface area contributed by atoms with Crippen LogP contribution in [0.2, 0.25) is 0 Å². The first-order chi connectivity index (χ1) is 11.3. The van der Waals surface area contributed by atoms with Crippen LogP contribution in [-0.4, -0.2) is 58.7 Å². The Morgan fingerprint density at radius 2 is 2.04 bits per heavy atom. The molecule has 1 aliphatic heterocycles. The fourth-order valence-corrected chi connectivity index (χ4v) is 4.47. The number of nitrogens with zero attached hydrogens (tertiary/aromatic N) is 2. The second-order valence-corrected chi connectivity index (χ2v) is 8.52. The zero-order chi connectivity index (χ0) is 17.7. The number of anilines is 1. The van der Waals surface area contributed by atoms with E-state index in [-0.39, 0.29) is 11.7 Å². The number of carbonyl (C=O) groups is 1. The van der Waals surface area contributed by atoms with Gasteiger partial charge in [-0.1, -0.05) is 6.07 Å². The summed E-state index contributed by atoms with van der Waals surface area (Å²) in [5.41, 5.74) is 1.99. The van der Waals surface area contributed by atoms with Gasteiger partial charge < -0.3 is 10.2 Å². The largest absolute Gasteiger partial charge is 0.352 e. The molecule has 0 bridgehead atoms. The molecular weight excluding hydrogens is 326 g/mol. The maximum atomic E-state index is 12.3. The summed E-state index contributed by atoms with van der Waals surface area (Å²) in [5, 5.41) is 2.89. The van der Waals surface area contributed by atoms with Crippen molar-refractivity contribution in [3.63, 3.8) is 0 Å². The van der Waals surface area contributed by atoms with Gasteiger partial charge in [-0.3, -0.25) is 9.10 Å². The molecule has 134 valence electrons. The number of aryl methyl sites for hydroxylation is 1. The molecule has 1 aromatic carbocycles. The second-order valence-electron chi connectivity index (χ2n) is 6.51. The maximum absolute atomic E-state index is 12.3.